The minimum absolute atomic E-state index is 0.0617. The second-order valence-corrected chi connectivity index (χ2v) is 5.96. The fraction of sp³-hybridized carbons (Fsp3) is 0.143. The molecule has 3 rings (SSSR count). The van der Waals surface area contributed by atoms with Crippen molar-refractivity contribution >= 4 is 5.57 Å². The summed E-state index contributed by atoms with van der Waals surface area (Å²) in [5.41, 5.74) is 3.24. The van der Waals surface area contributed by atoms with Gasteiger partial charge in [0, 0.05) is 11.1 Å². The molecule has 1 aliphatic carbocycles. The molecular formula is C21H17F3. The molecule has 0 amide bonds. The molecule has 3 heteroatoms. The van der Waals surface area contributed by atoms with Crippen LogP contribution in [-0.4, -0.2) is 0 Å². The van der Waals surface area contributed by atoms with E-state index in [1.54, 1.807) is 12.1 Å². The Balaban J connectivity index is 1.99. The van der Waals surface area contributed by atoms with Crippen molar-refractivity contribution in [1.29, 1.82) is 0 Å². The summed E-state index contributed by atoms with van der Waals surface area (Å²) < 4.78 is 42.0. The van der Waals surface area contributed by atoms with Gasteiger partial charge in [0.15, 0.2) is 0 Å². The molecule has 2 aromatic rings. The lowest BCUT2D eigenvalue weighted by Crippen LogP contribution is -1.94. The van der Waals surface area contributed by atoms with Gasteiger partial charge in [-0.2, -0.15) is 0 Å². The van der Waals surface area contributed by atoms with Crippen LogP contribution in [0.3, 0.4) is 0 Å². The summed E-state index contributed by atoms with van der Waals surface area (Å²) in [5, 5.41) is 0. The minimum atomic E-state index is -0.675. The summed E-state index contributed by atoms with van der Waals surface area (Å²) in [4.78, 5) is 0. The van der Waals surface area contributed by atoms with Crippen LogP contribution < -0.4 is 0 Å². The van der Waals surface area contributed by atoms with Gasteiger partial charge >= 0.3 is 0 Å². The van der Waals surface area contributed by atoms with Crippen LogP contribution in [-0.2, 0) is 0 Å². The Morgan fingerprint density at radius 1 is 0.833 bits per heavy atom. The quantitative estimate of drug-likeness (QED) is 0.601. The molecule has 0 heterocycles. The maximum atomic E-state index is 14.5. The first-order valence-electron chi connectivity index (χ1n) is 7.75. The molecule has 0 spiro atoms. The van der Waals surface area contributed by atoms with Crippen LogP contribution in [0.25, 0.3) is 16.7 Å². The molecule has 0 N–H and O–H groups in total. The maximum Gasteiger partial charge on any atom is 0.131 e. The summed E-state index contributed by atoms with van der Waals surface area (Å²) >= 11 is 0. The molecule has 0 fully saturated rings. The minimum Gasteiger partial charge on any atom is -0.207 e. The second-order valence-electron chi connectivity index (χ2n) is 5.96. The van der Waals surface area contributed by atoms with Crippen molar-refractivity contribution in [2.24, 2.45) is 0 Å². The normalized spacial score (nSPS) is 14.2. The van der Waals surface area contributed by atoms with Crippen LogP contribution in [0.15, 0.2) is 60.2 Å². The molecule has 2 aromatic carbocycles. The van der Waals surface area contributed by atoms with E-state index in [0.29, 0.717) is 6.42 Å². The highest BCUT2D eigenvalue weighted by Crippen LogP contribution is 2.30. The van der Waals surface area contributed by atoms with E-state index in [0.717, 1.165) is 28.8 Å². The molecule has 0 saturated heterocycles. The van der Waals surface area contributed by atoms with Gasteiger partial charge in [0.2, 0.25) is 0 Å². The van der Waals surface area contributed by atoms with E-state index in [-0.39, 0.29) is 16.7 Å². The van der Waals surface area contributed by atoms with E-state index in [2.05, 4.69) is 6.08 Å². The van der Waals surface area contributed by atoms with Crippen LogP contribution >= 0.6 is 0 Å². The standard InChI is InChI=1S/C21H17F3/c1-13-4-3-5-15(7-6-13)16-8-9-18(21(24)10-16)17-11-19(22)14(2)20(23)12-17/h3-6,8-12H,7H2,1-2H3. The Morgan fingerprint density at radius 3 is 2.17 bits per heavy atom. The summed E-state index contributed by atoms with van der Waals surface area (Å²) in [6.07, 6.45) is 8.67. The Labute approximate surface area is 139 Å². The number of benzene rings is 2. The molecule has 0 saturated carbocycles. The number of hydrogen-bond donors (Lipinski definition) is 0. The predicted molar refractivity (Wildman–Crippen MR) is 92.0 cm³/mol. The molecule has 0 atom stereocenters. The van der Waals surface area contributed by atoms with Crippen molar-refractivity contribution < 1.29 is 13.2 Å². The van der Waals surface area contributed by atoms with Gasteiger partial charge in [-0.15, -0.1) is 0 Å². The molecule has 0 aliphatic heterocycles. The van der Waals surface area contributed by atoms with Gasteiger partial charge < -0.3 is 0 Å². The van der Waals surface area contributed by atoms with E-state index in [1.165, 1.54) is 13.0 Å². The van der Waals surface area contributed by atoms with Gasteiger partial charge in [0.25, 0.3) is 0 Å². The van der Waals surface area contributed by atoms with Crippen LogP contribution in [0.1, 0.15) is 24.5 Å². The van der Waals surface area contributed by atoms with E-state index in [1.807, 2.05) is 25.2 Å². The second kappa shape index (κ2) is 6.52. The number of hydrogen-bond acceptors (Lipinski definition) is 0. The zero-order valence-electron chi connectivity index (χ0n) is 13.5. The van der Waals surface area contributed by atoms with E-state index in [9.17, 15) is 13.2 Å². The maximum absolute atomic E-state index is 14.5. The molecular weight excluding hydrogens is 309 g/mol. The van der Waals surface area contributed by atoms with Gasteiger partial charge in [0.1, 0.15) is 17.5 Å². The molecule has 0 bridgehead atoms. The molecule has 0 unspecified atom stereocenters. The molecule has 0 nitrogen and oxygen atoms in total. The molecule has 1 aliphatic rings. The fourth-order valence-electron chi connectivity index (χ4n) is 2.69. The summed E-state index contributed by atoms with van der Waals surface area (Å²) in [7, 11) is 0. The van der Waals surface area contributed by atoms with Crippen LogP contribution in [0, 0.1) is 24.4 Å². The van der Waals surface area contributed by atoms with Gasteiger partial charge in [-0.25, -0.2) is 13.2 Å². The van der Waals surface area contributed by atoms with Crippen molar-refractivity contribution in [3.63, 3.8) is 0 Å². The predicted octanol–water partition coefficient (Wildman–Crippen LogP) is 6.37. The zero-order valence-corrected chi connectivity index (χ0v) is 13.5. The van der Waals surface area contributed by atoms with Crippen LogP contribution in [0.4, 0.5) is 13.2 Å². The average Bonchev–Trinajstić information content (AvgIpc) is 2.76. The van der Waals surface area contributed by atoms with Crippen molar-refractivity contribution in [2.75, 3.05) is 0 Å². The average molecular weight is 326 g/mol. The SMILES string of the molecule is CC1=CCC(c2ccc(-c3cc(F)c(C)c(F)c3)c(F)c2)=CC=C1. The summed E-state index contributed by atoms with van der Waals surface area (Å²) in [6.45, 7) is 3.37. The van der Waals surface area contributed by atoms with Crippen LogP contribution in [0.2, 0.25) is 0 Å². The van der Waals surface area contributed by atoms with Crippen molar-refractivity contribution in [1.82, 2.24) is 0 Å². The third kappa shape index (κ3) is 3.21. The number of allylic oxidation sites excluding steroid dienone is 6. The fourth-order valence-corrected chi connectivity index (χ4v) is 2.69. The van der Waals surface area contributed by atoms with E-state index >= 15 is 0 Å². The van der Waals surface area contributed by atoms with Gasteiger partial charge in [-0.1, -0.05) is 42.0 Å². The first kappa shape index (κ1) is 16.3. The summed E-state index contributed by atoms with van der Waals surface area (Å²) in [6, 6.07) is 7.09. The topological polar surface area (TPSA) is 0 Å². The first-order valence-corrected chi connectivity index (χ1v) is 7.75. The Bertz CT molecular complexity index is 860. The first-order chi connectivity index (χ1) is 11.5. The van der Waals surface area contributed by atoms with Gasteiger partial charge in [-0.05, 0) is 55.2 Å². The molecule has 24 heavy (non-hydrogen) atoms. The molecule has 122 valence electrons. The lowest BCUT2D eigenvalue weighted by Gasteiger charge is -2.10. The number of halogens is 3. The molecule has 0 radical (unpaired) electrons. The highest BCUT2D eigenvalue weighted by Gasteiger charge is 2.13. The monoisotopic (exact) mass is 326 g/mol. The van der Waals surface area contributed by atoms with Gasteiger partial charge in [-0.3, -0.25) is 0 Å². The Hall–Kier alpha value is -2.55. The Kier molecular flexibility index (Phi) is 4.43. The van der Waals surface area contributed by atoms with E-state index in [4.69, 9.17) is 0 Å². The van der Waals surface area contributed by atoms with E-state index < -0.39 is 17.5 Å². The summed E-state index contributed by atoms with van der Waals surface area (Å²) in [5.74, 6) is -1.85. The lowest BCUT2D eigenvalue weighted by atomic mass is 9.97. The Morgan fingerprint density at radius 2 is 1.50 bits per heavy atom. The highest BCUT2D eigenvalue weighted by atomic mass is 19.1. The van der Waals surface area contributed by atoms with Crippen LogP contribution in [0.5, 0.6) is 0 Å². The zero-order chi connectivity index (χ0) is 17.3. The van der Waals surface area contributed by atoms with Crippen molar-refractivity contribution in [3.05, 3.63) is 88.8 Å². The third-order valence-electron chi connectivity index (χ3n) is 4.23. The lowest BCUT2D eigenvalue weighted by molar-refractivity contribution is 0.568. The van der Waals surface area contributed by atoms with Crippen molar-refractivity contribution in [2.45, 2.75) is 20.3 Å². The number of rotatable bonds is 2. The largest absolute Gasteiger partial charge is 0.207 e. The molecule has 0 aromatic heterocycles. The van der Waals surface area contributed by atoms with Gasteiger partial charge in [0.05, 0.1) is 0 Å². The van der Waals surface area contributed by atoms with Crippen molar-refractivity contribution in [3.8, 4) is 11.1 Å². The highest BCUT2D eigenvalue weighted by molar-refractivity contribution is 5.73. The smallest absolute Gasteiger partial charge is 0.131 e. The third-order valence-corrected chi connectivity index (χ3v) is 4.23.